The van der Waals surface area contributed by atoms with Crippen LogP contribution in [0, 0.1) is 20.2 Å². The predicted octanol–water partition coefficient (Wildman–Crippen LogP) is 1.32. The first-order chi connectivity index (χ1) is 9.34. The van der Waals surface area contributed by atoms with E-state index in [2.05, 4.69) is 6.58 Å². The van der Waals surface area contributed by atoms with Gasteiger partial charge in [-0.2, -0.15) is 0 Å². The van der Waals surface area contributed by atoms with E-state index in [0.717, 1.165) is 12.1 Å². The number of para-hydroxylation sites is 1. The highest BCUT2D eigenvalue weighted by molar-refractivity contribution is 6.28. The molecule has 1 fully saturated rings. The summed E-state index contributed by atoms with van der Waals surface area (Å²) >= 11 is 0. The largest absolute Gasteiger partial charge is 0.369 e. The predicted molar refractivity (Wildman–Crippen MR) is 66.0 cm³/mol. The van der Waals surface area contributed by atoms with E-state index in [1.807, 2.05) is 0 Å². The summed E-state index contributed by atoms with van der Waals surface area (Å²) in [6.07, 6.45) is -0.265. The highest BCUT2D eigenvalue weighted by Gasteiger charge is 2.40. The van der Waals surface area contributed by atoms with Gasteiger partial charge in [0.05, 0.1) is 16.3 Å². The zero-order valence-electron chi connectivity index (χ0n) is 9.94. The standard InChI is InChI=1S/C11H7N3O6/c1-6-5-9(15)12(11(6)16)7-3-2-4-8(13(17)18)10(7)14(19)20/h2-4H,1,5H2. The molecule has 20 heavy (non-hydrogen) atoms. The summed E-state index contributed by atoms with van der Waals surface area (Å²) in [6, 6.07) is 3.21. The third-order valence-electron chi connectivity index (χ3n) is 2.73. The number of rotatable bonds is 3. The number of hydrogen-bond acceptors (Lipinski definition) is 6. The molecule has 2 amide bonds. The van der Waals surface area contributed by atoms with Gasteiger partial charge in [0.2, 0.25) is 5.91 Å². The molecule has 9 heteroatoms. The van der Waals surface area contributed by atoms with Crippen LogP contribution < -0.4 is 4.90 Å². The third kappa shape index (κ3) is 1.90. The Morgan fingerprint density at radius 3 is 2.25 bits per heavy atom. The fourth-order valence-corrected chi connectivity index (χ4v) is 1.89. The number of imide groups is 1. The minimum atomic E-state index is -0.991. The number of benzene rings is 1. The van der Waals surface area contributed by atoms with Crippen molar-refractivity contribution in [1.82, 2.24) is 0 Å². The average molecular weight is 277 g/mol. The van der Waals surface area contributed by atoms with Gasteiger partial charge < -0.3 is 0 Å². The Morgan fingerprint density at radius 2 is 1.80 bits per heavy atom. The molecule has 0 N–H and O–H groups in total. The average Bonchev–Trinajstić information content (AvgIpc) is 2.62. The van der Waals surface area contributed by atoms with Crippen molar-refractivity contribution in [3.63, 3.8) is 0 Å². The van der Waals surface area contributed by atoms with Crippen molar-refractivity contribution >= 4 is 28.9 Å². The second-order valence-corrected chi connectivity index (χ2v) is 3.97. The quantitative estimate of drug-likeness (QED) is 0.355. The molecule has 102 valence electrons. The van der Waals surface area contributed by atoms with Crippen molar-refractivity contribution < 1.29 is 19.4 Å². The van der Waals surface area contributed by atoms with Gasteiger partial charge in [-0.25, -0.2) is 4.90 Å². The Balaban J connectivity index is 2.69. The summed E-state index contributed by atoms with van der Waals surface area (Å²) < 4.78 is 0. The molecular formula is C11H7N3O6. The number of amides is 2. The molecule has 0 spiro atoms. The first-order valence-electron chi connectivity index (χ1n) is 5.31. The molecule has 0 aliphatic carbocycles. The van der Waals surface area contributed by atoms with Gasteiger partial charge in [0.25, 0.3) is 5.91 Å². The Labute approximate surface area is 111 Å². The first kappa shape index (κ1) is 13.3. The number of nitro benzene ring substituents is 2. The van der Waals surface area contributed by atoms with Crippen LogP contribution in [0.15, 0.2) is 30.4 Å². The Kier molecular flexibility index (Phi) is 3.02. The highest BCUT2D eigenvalue weighted by atomic mass is 16.6. The Hall–Kier alpha value is -3.10. The zero-order valence-corrected chi connectivity index (χ0v) is 9.94. The Morgan fingerprint density at radius 1 is 1.15 bits per heavy atom. The summed E-state index contributed by atoms with van der Waals surface area (Å²) in [5.41, 5.74) is -2.12. The summed E-state index contributed by atoms with van der Waals surface area (Å²) in [5.74, 6) is -1.50. The number of anilines is 1. The maximum atomic E-state index is 11.8. The third-order valence-corrected chi connectivity index (χ3v) is 2.73. The number of nitro groups is 2. The van der Waals surface area contributed by atoms with E-state index in [1.165, 1.54) is 6.07 Å². The molecule has 9 nitrogen and oxygen atoms in total. The Bertz CT molecular complexity index is 681. The normalized spacial score (nSPS) is 14.8. The van der Waals surface area contributed by atoms with Crippen LogP contribution >= 0.6 is 0 Å². The van der Waals surface area contributed by atoms with Crippen molar-refractivity contribution in [1.29, 1.82) is 0 Å². The topological polar surface area (TPSA) is 124 Å². The summed E-state index contributed by atoms with van der Waals surface area (Å²) in [5, 5.41) is 21.8. The number of hydrogen-bond donors (Lipinski definition) is 0. The van der Waals surface area contributed by atoms with Crippen LogP contribution in [0.2, 0.25) is 0 Å². The first-order valence-corrected chi connectivity index (χ1v) is 5.31. The molecule has 0 radical (unpaired) electrons. The second-order valence-electron chi connectivity index (χ2n) is 3.97. The number of nitrogens with zero attached hydrogens (tertiary/aromatic N) is 3. The van der Waals surface area contributed by atoms with Crippen molar-refractivity contribution in [2.24, 2.45) is 0 Å². The number of carbonyl (C=O) groups excluding carboxylic acids is 2. The highest BCUT2D eigenvalue weighted by Crippen LogP contribution is 2.39. The van der Waals surface area contributed by atoms with Crippen LogP contribution in [0.25, 0.3) is 0 Å². The van der Waals surface area contributed by atoms with Gasteiger partial charge in [-0.3, -0.25) is 29.8 Å². The fraction of sp³-hybridized carbons (Fsp3) is 0.0909. The van der Waals surface area contributed by atoms with Gasteiger partial charge in [0.1, 0.15) is 5.69 Å². The molecule has 0 aromatic heterocycles. The van der Waals surface area contributed by atoms with Crippen LogP contribution in [0.5, 0.6) is 0 Å². The summed E-state index contributed by atoms with van der Waals surface area (Å²) in [6.45, 7) is 3.38. The maximum Gasteiger partial charge on any atom is 0.369 e. The van der Waals surface area contributed by atoms with Crippen molar-refractivity contribution in [3.8, 4) is 0 Å². The lowest BCUT2D eigenvalue weighted by molar-refractivity contribution is -0.421. The van der Waals surface area contributed by atoms with E-state index in [4.69, 9.17) is 0 Å². The van der Waals surface area contributed by atoms with Gasteiger partial charge in [-0.1, -0.05) is 12.6 Å². The van der Waals surface area contributed by atoms with E-state index in [-0.39, 0.29) is 12.0 Å². The van der Waals surface area contributed by atoms with Crippen LogP contribution in [0.4, 0.5) is 17.1 Å². The summed E-state index contributed by atoms with van der Waals surface area (Å²) in [7, 11) is 0. The van der Waals surface area contributed by atoms with Gasteiger partial charge in [0, 0.05) is 11.6 Å². The lowest BCUT2D eigenvalue weighted by Crippen LogP contribution is -2.29. The van der Waals surface area contributed by atoms with E-state index >= 15 is 0 Å². The smallest absolute Gasteiger partial charge is 0.274 e. The minimum absolute atomic E-state index is 0.0178. The van der Waals surface area contributed by atoms with Gasteiger partial charge >= 0.3 is 11.4 Å². The molecule has 0 bridgehead atoms. The molecule has 0 saturated carbocycles. The van der Waals surface area contributed by atoms with E-state index < -0.39 is 38.7 Å². The molecule has 1 aliphatic heterocycles. The van der Waals surface area contributed by atoms with Gasteiger partial charge in [0.15, 0.2) is 0 Å². The van der Waals surface area contributed by atoms with Crippen LogP contribution in [0.3, 0.4) is 0 Å². The zero-order chi connectivity index (χ0) is 15.0. The molecule has 1 aliphatic rings. The van der Waals surface area contributed by atoms with Crippen molar-refractivity contribution in [2.75, 3.05) is 4.90 Å². The van der Waals surface area contributed by atoms with Crippen molar-refractivity contribution in [2.45, 2.75) is 6.42 Å². The molecule has 0 unspecified atom stereocenters. The fourth-order valence-electron chi connectivity index (χ4n) is 1.89. The molecular weight excluding hydrogens is 270 g/mol. The monoisotopic (exact) mass is 277 g/mol. The molecule has 1 saturated heterocycles. The molecule has 2 rings (SSSR count). The van der Waals surface area contributed by atoms with E-state index in [9.17, 15) is 29.8 Å². The molecule has 0 atom stereocenters. The molecule has 1 aromatic rings. The van der Waals surface area contributed by atoms with Crippen molar-refractivity contribution in [3.05, 3.63) is 50.6 Å². The number of carbonyl (C=O) groups is 2. The summed E-state index contributed by atoms with van der Waals surface area (Å²) in [4.78, 5) is 43.9. The van der Waals surface area contributed by atoms with Crippen LogP contribution in [-0.4, -0.2) is 21.7 Å². The molecule has 1 aromatic carbocycles. The lowest BCUT2D eigenvalue weighted by atomic mass is 10.2. The maximum absolute atomic E-state index is 11.8. The SMILES string of the molecule is C=C1CC(=O)N(c2cccc([N+](=O)[O-])c2[N+](=O)[O-])C1=O. The van der Waals surface area contributed by atoms with E-state index in [0.29, 0.717) is 4.90 Å². The van der Waals surface area contributed by atoms with Crippen LogP contribution in [0.1, 0.15) is 6.42 Å². The van der Waals surface area contributed by atoms with Crippen LogP contribution in [-0.2, 0) is 9.59 Å². The van der Waals surface area contributed by atoms with Gasteiger partial charge in [-0.05, 0) is 6.07 Å². The minimum Gasteiger partial charge on any atom is -0.274 e. The van der Waals surface area contributed by atoms with Gasteiger partial charge in [-0.15, -0.1) is 0 Å². The van der Waals surface area contributed by atoms with E-state index in [1.54, 1.807) is 0 Å². The second kappa shape index (κ2) is 4.53. The lowest BCUT2D eigenvalue weighted by Gasteiger charge is -2.13. The molecule has 1 heterocycles.